The van der Waals surface area contributed by atoms with Crippen LogP contribution in [0.4, 0.5) is 0 Å². The predicted molar refractivity (Wildman–Crippen MR) is 105 cm³/mol. The molecule has 0 radical (unpaired) electrons. The molecular formula is C22H37NO. The van der Waals surface area contributed by atoms with Gasteiger partial charge in [-0.05, 0) is 57.8 Å². The number of nitrogens with zero attached hydrogens (tertiary/aromatic N) is 1. The van der Waals surface area contributed by atoms with Crippen molar-refractivity contribution in [2.75, 3.05) is 6.61 Å². The van der Waals surface area contributed by atoms with Gasteiger partial charge in [-0.2, -0.15) is 0 Å². The van der Waals surface area contributed by atoms with Crippen molar-refractivity contribution in [2.45, 2.75) is 90.5 Å². The number of hydrogen-bond donors (Lipinski definition) is 0. The monoisotopic (exact) mass is 331 g/mol. The van der Waals surface area contributed by atoms with Crippen LogP contribution in [0.1, 0.15) is 85.0 Å². The van der Waals surface area contributed by atoms with Crippen LogP contribution in [-0.4, -0.2) is 18.0 Å². The van der Waals surface area contributed by atoms with Gasteiger partial charge in [-0.3, -0.25) is 0 Å². The van der Waals surface area contributed by atoms with E-state index in [1.807, 2.05) is 0 Å². The topological polar surface area (TPSA) is 21.6 Å². The standard InChI is InChI=1S/C22H37NO/c1-4-13-19-15-12-16-20(19)14-10-8-6-5-7-9-11-17-21-23-22(2,3)18-24-21/h10,12,14,16,19-20H,4-9,11,13,15,17-18H2,1-3H3/b14-10-. The molecule has 2 rings (SSSR count). The average molecular weight is 332 g/mol. The van der Waals surface area contributed by atoms with Gasteiger partial charge in [0, 0.05) is 6.42 Å². The SMILES string of the molecule is CCCC1CC=CC1/C=C\CCCCCCCC1=NC(C)(C)CO1. The summed E-state index contributed by atoms with van der Waals surface area (Å²) in [5, 5.41) is 0. The fraction of sp³-hybridized carbons (Fsp3) is 0.773. The quantitative estimate of drug-likeness (QED) is 0.314. The van der Waals surface area contributed by atoms with Crippen LogP contribution >= 0.6 is 0 Å². The molecule has 0 fully saturated rings. The van der Waals surface area contributed by atoms with Gasteiger partial charge in [0.15, 0.2) is 5.90 Å². The lowest BCUT2D eigenvalue weighted by Crippen LogP contribution is -2.17. The first-order valence-corrected chi connectivity index (χ1v) is 10.2. The molecule has 0 saturated carbocycles. The fourth-order valence-corrected chi connectivity index (χ4v) is 3.74. The Morgan fingerprint density at radius 2 is 2.00 bits per heavy atom. The minimum absolute atomic E-state index is 0.00626. The van der Waals surface area contributed by atoms with Crippen LogP contribution < -0.4 is 0 Å². The molecule has 1 aliphatic carbocycles. The minimum Gasteiger partial charge on any atom is -0.478 e. The molecule has 2 aliphatic rings. The maximum atomic E-state index is 5.64. The van der Waals surface area contributed by atoms with Crippen molar-refractivity contribution in [3.05, 3.63) is 24.3 Å². The van der Waals surface area contributed by atoms with E-state index in [9.17, 15) is 0 Å². The smallest absolute Gasteiger partial charge is 0.183 e. The Balaban J connectivity index is 1.46. The van der Waals surface area contributed by atoms with E-state index < -0.39 is 0 Å². The Labute approximate surface area is 149 Å². The van der Waals surface area contributed by atoms with Gasteiger partial charge in [0.2, 0.25) is 0 Å². The van der Waals surface area contributed by atoms with Crippen LogP contribution in [0.15, 0.2) is 29.3 Å². The summed E-state index contributed by atoms with van der Waals surface area (Å²) < 4.78 is 5.64. The van der Waals surface area contributed by atoms with Crippen molar-refractivity contribution in [3.63, 3.8) is 0 Å². The third-order valence-corrected chi connectivity index (χ3v) is 5.14. The molecule has 2 heteroatoms. The molecule has 1 heterocycles. The summed E-state index contributed by atoms with van der Waals surface area (Å²) >= 11 is 0. The predicted octanol–water partition coefficient (Wildman–Crippen LogP) is 6.47. The number of hydrogen-bond acceptors (Lipinski definition) is 2. The van der Waals surface area contributed by atoms with Crippen LogP contribution in [0.5, 0.6) is 0 Å². The Kier molecular flexibility index (Phi) is 8.08. The molecule has 2 unspecified atom stereocenters. The third-order valence-electron chi connectivity index (χ3n) is 5.14. The number of unbranched alkanes of at least 4 members (excludes halogenated alkanes) is 5. The highest BCUT2D eigenvalue weighted by atomic mass is 16.5. The average Bonchev–Trinajstić information content (AvgIpc) is 3.12. The zero-order chi connectivity index (χ0) is 17.3. The van der Waals surface area contributed by atoms with E-state index in [4.69, 9.17) is 4.74 Å². The summed E-state index contributed by atoms with van der Waals surface area (Å²) in [5.74, 6) is 2.56. The molecule has 2 nitrogen and oxygen atoms in total. The van der Waals surface area contributed by atoms with Gasteiger partial charge in [0.25, 0.3) is 0 Å². The van der Waals surface area contributed by atoms with E-state index >= 15 is 0 Å². The second-order valence-electron chi connectivity index (χ2n) is 8.13. The summed E-state index contributed by atoms with van der Waals surface area (Å²) in [4.78, 5) is 4.62. The van der Waals surface area contributed by atoms with Crippen molar-refractivity contribution < 1.29 is 4.74 Å². The fourth-order valence-electron chi connectivity index (χ4n) is 3.74. The largest absolute Gasteiger partial charge is 0.478 e. The van der Waals surface area contributed by atoms with Crippen LogP contribution in [-0.2, 0) is 4.74 Å². The summed E-state index contributed by atoms with van der Waals surface area (Å²) in [5.41, 5.74) is 0.00626. The second kappa shape index (κ2) is 10.1. The zero-order valence-electron chi connectivity index (χ0n) is 16.1. The second-order valence-corrected chi connectivity index (χ2v) is 8.13. The molecule has 0 aromatic carbocycles. The molecule has 136 valence electrons. The van der Waals surface area contributed by atoms with Crippen LogP contribution in [0.2, 0.25) is 0 Å². The van der Waals surface area contributed by atoms with E-state index in [1.54, 1.807) is 0 Å². The number of aliphatic imine (C=N–C) groups is 1. The first kappa shape index (κ1) is 19.3. The minimum atomic E-state index is 0.00626. The van der Waals surface area contributed by atoms with Gasteiger partial charge in [-0.15, -0.1) is 0 Å². The molecule has 1 aliphatic heterocycles. The Hall–Kier alpha value is -1.05. The van der Waals surface area contributed by atoms with Crippen LogP contribution in [0, 0.1) is 11.8 Å². The lowest BCUT2D eigenvalue weighted by atomic mass is 9.91. The zero-order valence-corrected chi connectivity index (χ0v) is 16.1. The van der Waals surface area contributed by atoms with Crippen molar-refractivity contribution in [3.8, 4) is 0 Å². The molecule has 0 aromatic heterocycles. The molecule has 0 N–H and O–H groups in total. The van der Waals surface area contributed by atoms with Crippen molar-refractivity contribution >= 4 is 5.90 Å². The lowest BCUT2D eigenvalue weighted by Gasteiger charge is -2.14. The van der Waals surface area contributed by atoms with Crippen LogP contribution in [0.3, 0.4) is 0 Å². The van der Waals surface area contributed by atoms with E-state index in [-0.39, 0.29) is 5.54 Å². The van der Waals surface area contributed by atoms with Gasteiger partial charge in [-0.25, -0.2) is 4.99 Å². The highest BCUT2D eigenvalue weighted by molar-refractivity contribution is 5.78. The molecule has 24 heavy (non-hydrogen) atoms. The maximum absolute atomic E-state index is 5.64. The van der Waals surface area contributed by atoms with Crippen molar-refractivity contribution in [1.82, 2.24) is 0 Å². The normalized spacial score (nSPS) is 25.4. The highest BCUT2D eigenvalue weighted by Gasteiger charge is 2.25. The Morgan fingerprint density at radius 3 is 2.75 bits per heavy atom. The van der Waals surface area contributed by atoms with E-state index in [2.05, 4.69) is 50.1 Å². The molecule has 0 amide bonds. The Bertz CT molecular complexity index is 447. The van der Waals surface area contributed by atoms with Gasteiger partial charge < -0.3 is 4.74 Å². The van der Waals surface area contributed by atoms with Crippen molar-refractivity contribution in [1.29, 1.82) is 0 Å². The molecule has 0 spiro atoms. The first-order valence-electron chi connectivity index (χ1n) is 10.2. The summed E-state index contributed by atoms with van der Waals surface area (Å²) in [6.07, 6.45) is 22.4. The molecule has 0 bridgehead atoms. The molecular weight excluding hydrogens is 294 g/mol. The third kappa shape index (κ3) is 6.83. The molecule has 0 aromatic rings. The van der Waals surface area contributed by atoms with Crippen LogP contribution in [0.25, 0.3) is 0 Å². The van der Waals surface area contributed by atoms with Crippen molar-refractivity contribution in [2.24, 2.45) is 16.8 Å². The van der Waals surface area contributed by atoms with Gasteiger partial charge in [0.05, 0.1) is 5.54 Å². The summed E-state index contributed by atoms with van der Waals surface area (Å²) in [6.45, 7) is 7.33. The highest BCUT2D eigenvalue weighted by Crippen LogP contribution is 2.30. The molecule has 0 saturated heterocycles. The summed E-state index contributed by atoms with van der Waals surface area (Å²) in [7, 11) is 0. The number of rotatable bonds is 11. The van der Waals surface area contributed by atoms with Gasteiger partial charge in [0.1, 0.15) is 6.61 Å². The van der Waals surface area contributed by atoms with E-state index in [1.165, 1.54) is 57.8 Å². The lowest BCUT2D eigenvalue weighted by molar-refractivity contribution is 0.273. The van der Waals surface area contributed by atoms with E-state index in [0.717, 1.165) is 24.8 Å². The number of allylic oxidation sites excluding steroid dienone is 4. The number of ether oxygens (including phenoxy) is 1. The Morgan fingerprint density at radius 1 is 1.21 bits per heavy atom. The van der Waals surface area contributed by atoms with Gasteiger partial charge in [-0.1, -0.05) is 56.9 Å². The van der Waals surface area contributed by atoms with E-state index in [0.29, 0.717) is 5.92 Å². The summed E-state index contributed by atoms with van der Waals surface area (Å²) in [6, 6.07) is 0. The first-order chi connectivity index (χ1) is 11.6. The molecule has 2 atom stereocenters. The maximum Gasteiger partial charge on any atom is 0.183 e. The van der Waals surface area contributed by atoms with Gasteiger partial charge >= 0.3 is 0 Å².